The summed E-state index contributed by atoms with van der Waals surface area (Å²) in [5.41, 5.74) is 3.02. The molecule has 0 radical (unpaired) electrons. The highest BCUT2D eigenvalue weighted by Gasteiger charge is 2.22. The van der Waals surface area contributed by atoms with E-state index in [2.05, 4.69) is 36.2 Å². The van der Waals surface area contributed by atoms with Crippen LogP contribution >= 0.6 is 15.9 Å². The minimum atomic E-state index is -3.72. The van der Waals surface area contributed by atoms with Crippen molar-refractivity contribution in [3.8, 4) is 0 Å². The summed E-state index contributed by atoms with van der Waals surface area (Å²) in [5, 5.41) is 9.35. The van der Waals surface area contributed by atoms with E-state index in [-0.39, 0.29) is 5.03 Å². The highest BCUT2D eigenvalue weighted by Crippen LogP contribution is 2.30. The first kappa shape index (κ1) is 16.0. The van der Waals surface area contributed by atoms with Crippen molar-refractivity contribution in [2.75, 3.05) is 11.8 Å². The molecule has 1 heterocycles. The van der Waals surface area contributed by atoms with E-state index < -0.39 is 10.0 Å². The zero-order chi connectivity index (χ0) is 15.6. The summed E-state index contributed by atoms with van der Waals surface area (Å²) in [4.78, 5) is 0. The Morgan fingerprint density at radius 2 is 2.05 bits per heavy atom. The van der Waals surface area contributed by atoms with Crippen molar-refractivity contribution in [2.24, 2.45) is 0 Å². The number of hydrogen-bond acceptors (Lipinski definition) is 4. The number of anilines is 1. The largest absolute Gasteiger partial charge is 0.316 e. The maximum atomic E-state index is 12.5. The molecule has 3 N–H and O–H groups in total. The van der Waals surface area contributed by atoms with Gasteiger partial charge in [0.1, 0.15) is 0 Å². The standard InChI is InChI=1S/C13H17BrN4O2S/c1-8-4-9(2)12(11(14)5-8)18-21(19,20)13-10(6-15-3)7-16-17-13/h4-5,7,15,18H,6H2,1-3H3,(H,16,17). The monoisotopic (exact) mass is 372 g/mol. The third-order valence-electron chi connectivity index (χ3n) is 2.98. The number of nitrogens with one attached hydrogen (secondary N) is 3. The molecule has 0 unspecified atom stereocenters. The number of H-pyrrole nitrogens is 1. The van der Waals surface area contributed by atoms with E-state index >= 15 is 0 Å². The van der Waals surface area contributed by atoms with Crippen LogP contribution in [0, 0.1) is 13.8 Å². The third-order valence-corrected chi connectivity index (χ3v) is 4.97. The highest BCUT2D eigenvalue weighted by molar-refractivity contribution is 9.10. The second kappa shape index (κ2) is 6.17. The van der Waals surface area contributed by atoms with Crippen LogP contribution in [0.2, 0.25) is 0 Å². The van der Waals surface area contributed by atoms with Gasteiger partial charge in [-0.3, -0.25) is 9.82 Å². The van der Waals surface area contributed by atoms with Crippen molar-refractivity contribution in [1.29, 1.82) is 0 Å². The van der Waals surface area contributed by atoms with Gasteiger partial charge in [-0.2, -0.15) is 13.5 Å². The highest BCUT2D eigenvalue weighted by atomic mass is 79.9. The molecule has 2 rings (SSSR count). The van der Waals surface area contributed by atoms with Crippen molar-refractivity contribution in [3.05, 3.63) is 39.5 Å². The molecule has 21 heavy (non-hydrogen) atoms. The number of rotatable bonds is 5. The van der Waals surface area contributed by atoms with Crippen LogP contribution in [0.3, 0.4) is 0 Å². The first-order valence-corrected chi connectivity index (χ1v) is 8.59. The lowest BCUT2D eigenvalue weighted by Crippen LogP contribution is -2.18. The topological polar surface area (TPSA) is 86.9 Å². The van der Waals surface area contributed by atoms with E-state index in [0.717, 1.165) is 11.1 Å². The average Bonchev–Trinajstić information content (AvgIpc) is 2.83. The molecule has 2 aromatic rings. The Hall–Kier alpha value is -1.38. The van der Waals surface area contributed by atoms with E-state index in [1.807, 2.05) is 26.0 Å². The van der Waals surface area contributed by atoms with E-state index in [9.17, 15) is 8.42 Å². The summed E-state index contributed by atoms with van der Waals surface area (Å²) in [6.45, 7) is 4.23. The van der Waals surface area contributed by atoms with Crippen molar-refractivity contribution < 1.29 is 8.42 Å². The maximum absolute atomic E-state index is 12.5. The molecule has 0 aliphatic rings. The molecule has 8 heteroatoms. The van der Waals surface area contributed by atoms with Crippen LogP contribution in [-0.2, 0) is 16.6 Å². The summed E-state index contributed by atoms with van der Waals surface area (Å²) in [7, 11) is -1.97. The number of aryl methyl sites for hydroxylation is 2. The molecule has 1 aromatic heterocycles. The molecule has 6 nitrogen and oxygen atoms in total. The van der Waals surface area contributed by atoms with Gasteiger partial charge in [0.2, 0.25) is 0 Å². The molecule has 0 aliphatic heterocycles. The van der Waals surface area contributed by atoms with Gasteiger partial charge in [-0.15, -0.1) is 0 Å². The van der Waals surface area contributed by atoms with Crippen LogP contribution < -0.4 is 10.0 Å². The van der Waals surface area contributed by atoms with Crippen LogP contribution in [0.25, 0.3) is 0 Å². The van der Waals surface area contributed by atoms with Crippen LogP contribution in [0.5, 0.6) is 0 Å². The molecular weight excluding hydrogens is 356 g/mol. The Morgan fingerprint density at radius 3 is 2.67 bits per heavy atom. The van der Waals surface area contributed by atoms with Gasteiger partial charge < -0.3 is 5.32 Å². The Bertz CT molecular complexity index is 732. The maximum Gasteiger partial charge on any atom is 0.279 e. The fourth-order valence-electron chi connectivity index (χ4n) is 2.08. The molecule has 0 saturated heterocycles. The van der Waals surface area contributed by atoms with Crippen molar-refractivity contribution in [1.82, 2.24) is 15.5 Å². The SMILES string of the molecule is CNCc1cn[nH]c1S(=O)(=O)Nc1c(C)cc(C)cc1Br. The molecule has 0 bridgehead atoms. The lowest BCUT2D eigenvalue weighted by atomic mass is 10.1. The number of benzene rings is 1. The van der Waals surface area contributed by atoms with Crippen LogP contribution in [0.15, 0.2) is 27.8 Å². The second-order valence-corrected chi connectivity index (χ2v) is 7.27. The van der Waals surface area contributed by atoms with E-state index in [0.29, 0.717) is 22.3 Å². The summed E-state index contributed by atoms with van der Waals surface area (Å²) in [6, 6.07) is 3.79. The predicted molar refractivity (Wildman–Crippen MR) is 85.8 cm³/mol. The van der Waals surface area contributed by atoms with Gasteiger partial charge in [0, 0.05) is 16.6 Å². The number of hydrogen-bond donors (Lipinski definition) is 3. The fourth-order valence-corrected chi connectivity index (χ4v) is 4.27. The Balaban J connectivity index is 2.40. The number of nitrogens with zero attached hydrogens (tertiary/aromatic N) is 1. The molecule has 0 fully saturated rings. The van der Waals surface area contributed by atoms with E-state index in [1.165, 1.54) is 6.20 Å². The summed E-state index contributed by atoms with van der Waals surface area (Å²) < 4.78 is 28.3. The molecular formula is C13H17BrN4O2S. The van der Waals surface area contributed by atoms with E-state index in [1.54, 1.807) is 7.05 Å². The Kier molecular flexibility index (Phi) is 4.70. The molecule has 1 aromatic carbocycles. The molecule has 114 valence electrons. The van der Waals surface area contributed by atoms with Crippen LogP contribution in [-0.4, -0.2) is 25.7 Å². The predicted octanol–water partition coefficient (Wildman–Crippen LogP) is 2.31. The third kappa shape index (κ3) is 3.45. The van der Waals surface area contributed by atoms with Crippen molar-refractivity contribution in [3.63, 3.8) is 0 Å². The van der Waals surface area contributed by atoms with Gasteiger partial charge >= 0.3 is 0 Å². The molecule has 0 amide bonds. The first-order valence-electron chi connectivity index (χ1n) is 6.31. The van der Waals surface area contributed by atoms with Gasteiger partial charge in [0.25, 0.3) is 10.0 Å². The van der Waals surface area contributed by atoms with Gasteiger partial charge in [0.05, 0.1) is 11.9 Å². The lowest BCUT2D eigenvalue weighted by molar-refractivity contribution is 0.595. The normalized spacial score (nSPS) is 11.6. The minimum absolute atomic E-state index is 0.0729. The van der Waals surface area contributed by atoms with Gasteiger partial charge in [-0.05, 0) is 54.0 Å². The smallest absolute Gasteiger partial charge is 0.279 e. The van der Waals surface area contributed by atoms with Crippen molar-refractivity contribution >= 4 is 31.6 Å². The van der Waals surface area contributed by atoms with Crippen molar-refractivity contribution in [2.45, 2.75) is 25.4 Å². The second-order valence-electron chi connectivity index (χ2n) is 4.80. The summed E-state index contributed by atoms with van der Waals surface area (Å²) >= 11 is 3.40. The van der Waals surface area contributed by atoms with Gasteiger partial charge in [0.15, 0.2) is 5.03 Å². The quantitative estimate of drug-likeness (QED) is 0.751. The zero-order valence-corrected chi connectivity index (χ0v) is 14.4. The van der Waals surface area contributed by atoms with Gasteiger partial charge in [-0.1, -0.05) is 6.07 Å². The number of sulfonamides is 1. The zero-order valence-electron chi connectivity index (χ0n) is 12.0. The lowest BCUT2D eigenvalue weighted by Gasteiger charge is -2.13. The fraction of sp³-hybridized carbons (Fsp3) is 0.308. The van der Waals surface area contributed by atoms with E-state index in [4.69, 9.17) is 0 Å². The van der Waals surface area contributed by atoms with Gasteiger partial charge in [-0.25, -0.2) is 0 Å². The molecule has 0 saturated carbocycles. The number of aromatic nitrogens is 2. The minimum Gasteiger partial charge on any atom is -0.316 e. The summed E-state index contributed by atoms with van der Waals surface area (Å²) in [6.07, 6.45) is 1.50. The average molecular weight is 373 g/mol. The number of halogens is 1. The molecule has 0 atom stereocenters. The first-order chi connectivity index (χ1) is 9.85. The Morgan fingerprint density at radius 1 is 1.33 bits per heavy atom. The van der Waals surface area contributed by atoms with Crippen LogP contribution in [0.4, 0.5) is 5.69 Å². The Labute approximate surface area is 132 Å². The number of aromatic amines is 1. The van der Waals surface area contributed by atoms with Crippen LogP contribution in [0.1, 0.15) is 16.7 Å². The molecule has 0 spiro atoms. The summed E-state index contributed by atoms with van der Waals surface area (Å²) in [5.74, 6) is 0. The molecule has 0 aliphatic carbocycles.